The summed E-state index contributed by atoms with van der Waals surface area (Å²) in [5.41, 5.74) is 0.395. The highest BCUT2D eigenvalue weighted by Crippen LogP contribution is 2.38. The van der Waals surface area contributed by atoms with E-state index in [1.807, 2.05) is 0 Å². The highest BCUT2D eigenvalue weighted by Gasteiger charge is 2.41. The van der Waals surface area contributed by atoms with Crippen molar-refractivity contribution in [2.45, 2.75) is 69.4 Å². The molecule has 1 unspecified atom stereocenters. The smallest absolute Gasteiger partial charge is 0.223 e. The first-order chi connectivity index (χ1) is 8.27. The molecular formula is C14H24N2O. The van der Waals surface area contributed by atoms with Crippen molar-refractivity contribution in [2.75, 3.05) is 6.54 Å². The minimum Gasteiger partial charge on any atom is -0.353 e. The van der Waals surface area contributed by atoms with Gasteiger partial charge in [0.15, 0.2) is 0 Å². The SMILES string of the molecule is O=C(NC1CCNC2(CCC2)C1)C1CCCC1. The van der Waals surface area contributed by atoms with Gasteiger partial charge in [-0.15, -0.1) is 0 Å². The van der Waals surface area contributed by atoms with Crippen LogP contribution in [0.5, 0.6) is 0 Å². The summed E-state index contributed by atoms with van der Waals surface area (Å²) < 4.78 is 0. The number of nitrogens with one attached hydrogen (secondary N) is 2. The third-order valence-electron chi connectivity index (χ3n) is 5.01. The molecule has 1 aliphatic heterocycles. The van der Waals surface area contributed by atoms with Gasteiger partial charge < -0.3 is 10.6 Å². The second-order valence-corrected chi connectivity index (χ2v) is 6.24. The summed E-state index contributed by atoms with van der Waals surface area (Å²) in [5, 5.41) is 6.96. The largest absolute Gasteiger partial charge is 0.353 e. The van der Waals surface area contributed by atoms with Gasteiger partial charge in [-0.2, -0.15) is 0 Å². The molecule has 1 atom stereocenters. The molecule has 3 rings (SSSR count). The Balaban J connectivity index is 1.52. The van der Waals surface area contributed by atoms with Crippen LogP contribution in [0, 0.1) is 5.92 Å². The molecule has 1 heterocycles. The fourth-order valence-corrected chi connectivity index (χ4v) is 3.77. The van der Waals surface area contributed by atoms with Crippen molar-refractivity contribution >= 4 is 5.91 Å². The van der Waals surface area contributed by atoms with Gasteiger partial charge in [-0.1, -0.05) is 12.8 Å². The second kappa shape index (κ2) is 4.60. The van der Waals surface area contributed by atoms with E-state index in [-0.39, 0.29) is 0 Å². The molecule has 0 aromatic heterocycles. The van der Waals surface area contributed by atoms with Crippen LogP contribution in [0.4, 0.5) is 0 Å². The van der Waals surface area contributed by atoms with Gasteiger partial charge in [0.25, 0.3) is 0 Å². The van der Waals surface area contributed by atoms with Crippen LogP contribution in [-0.2, 0) is 4.79 Å². The Bertz CT molecular complexity index is 293. The van der Waals surface area contributed by atoms with Crippen LogP contribution in [0.25, 0.3) is 0 Å². The lowest BCUT2D eigenvalue weighted by Gasteiger charge is -2.48. The lowest BCUT2D eigenvalue weighted by atomic mass is 9.70. The molecule has 1 saturated heterocycles. The van der Waals surface area contributed by atoms with Crippen molar-refractivity contribution in [1.82, 2.24) is 10.6 Å². The molecule has 0 bridgehead atoms. The highest BCUT2D eigenvalue weighted by molar-refractivity contribution is 5.79. The zero-order chi connectivity index (χ0) is 11.7. The van der Waals surface area contributed by atoms with Gasteiger partial charge in [0.1, 0.15) is 0 Å². The van der Waals surface area contributed by atoms with Gasteiger partial charge in [-0.3, -0.25) is 4.79 Å². The normalized spacial score (nSPS) is 32.4. The lowest BCUT2D eigenvalue weighted by Crippen LogP contribution is -2.60. The van der Waals surface area contributed by atoms with Crippen LogP contribution >= 0.6 is 0 Å². The van der Waals surface area contributed by atoms with Crippen molar-refractivity contribution in [3.8, 4) is 0 Å². The first kappa shape index (κ1) is 11.5. The van der Waals surface area contributed by atoms with E-state index in [2.05, 4.69) is 10.6 Å². The standard InChI is InChI=1S/C14H24N2O/c17-13(11-4-1-2-5-11)16-12-6-9-15-14(10-12)7-3-8-14/h11-12,15H,1-10H2,(H,16,17). The Hall–Kier alpha value is -0.570. The Kier molecular flexibility index (Phi) is 3.12. The first-order valence-electron chi connectivity index (χ1n) is 7.33. The van der Waals surface area contributed by atoms with E-state index in [1.165, 1.54) is 32.1 Å². The summed E-state index contributed by atoms with van der Waals surface area (Å²) in [6.45, 7) is 1.08. The topological polar surface area (TPSA) is 41.1 Å². The molecule has 0 aromatic rings. The van der Waals surface area contributed by atoms with E-state index in [0.29, 0.717) is 23.4 Å². The molecule has 2 aliphatic carbocycles. The summed E-state index contributed by atoms with van der Waals surface area (Å²) in [6, 6.07) is 0.435. The van der Waals surface area contributed by atoms with Crippen molar-refractivity contribution < 1.29 is 4.79 Å². The molecular weight excluding hydrogens is 212 g/mol. The molecule has 3 aliphatic rings. The van der Waals surface area contributed by atoms with Crippen LogP contribution in [0.2, 0.25) is 0 Å². The molecule has 96 valence electrons. The highest BCUT2D eigenvalue weighted by atomic mass is 16.1. The number of hydrogen-bond acceptors (Lipinski definition) is 2. The zero-order valence-corrected chi connectivity index (χ0v) is 10.6. The minimum absolute atomic E-state index is 0.322. The monoisotopic (exact) mass is 236 g/mol. The van der Waals surface area contributed by atoms with Crippen LogP contribution in [0.15, 0.2) is 0 Å². The van der Waals surface area contributed by atoms with Crippen LogP contribution in [-0.4, -0.2) is 24.0 Å². The average molecular weight is 236 g/mol. The van der Waals surface area contributed by atoms with Crippen LogP contribution < -0.4 is 10.6 Å². The molecule has 0 aromatic carbocycles. The Labute approximate surface area is 104 Å². The summed E-state index contributed by atoms with van der Waals surface area (Å²) in [5.74, 6) is 0.658. The number of carbonyl (C=O) groups is 1. The van der Waals surface area contributed by atoms with E-state index in [4.69, 9.17) is 0 Å². The maximum atomic E-state index is 12.1. The number of amides is 1. The summed E-state index contributed by atoms with van der Waals surface area (Å²) in [6.07, 6.45) is 11.0. The van der Waals surface area contributed by atoms with Crippen LogP contribution in [0.3, 0.4) is 0 Å². The number of rotatable bonds is 2. The molecule has 2 N–H and O–H groups in total. The quantitative estimate of drug-likeness (QED) is 0.769. The van der Waals surface area contributed by atoms with E-state index in [1.54, 1.807) is 0 Å². The molecule has 1 spiro atoms. The van der Waals surface area contributed by atoms with Crippen LogP contribution in [0.1, 0.15) is 57.8 Å². The van der Waals surface area contributed by atoms with Gasteiger partial charge in [-0.25, -0.2) is 0 Å². The first-order valence-corrected chi connectivity index (χ1v) is 7.33. The zero-order valence-electron chi connectivity index (χ0n) is 10.6. The summed E-state index contributed by atoms with van der Waals surface area (Å²) in [4.78, 5) is 12.1. The fraction of sp³-hybridized carbons (Fsp3) is 0.929. The minimum atomic E-state index is 0.322. The van der Waals surface area contributed by atoms with Crippen molar-refractivity contribution in [3.05, 3.63) is 0 Å². The Morgan fingerprint density at radius 2 is 1.88 bits per heavy atom. The number of piperidine rings is 1. The maximum Gasteiger partial charge on any atom is 0.223 e. The molecule has 2 saturated carbocycles. The summed E-state index contributed by atoms with van der Waals surface area (Å²) >= 11 is 0. The molecule has 3 nitrogen and oxygen atoms in total. The van der Waals surface area contributed by atoms with Gasteiger partial charge in [0.05, 0.1) is 0 Å². The third-order valence-corrected chi connectivity index (χ3v) is 5.01. The van der Waals surface area contributed by atoms with Crippen molar-refractivity contribution in [2.24, 2.45) is 5.92 Å². The molecule has 17 heavy (non-hydrogen) atoms. The lowest BCUT2D eigenvalue weighted by molar-refractivity contribution is -0.126. The third kappa shape index (κ3) is 2.35. The van der Waals surface area contributed by atoms with Gasteiger partial charge in [-0.05, 0) is 51.5 Å². The molecule has 3 fully saturated rings. The Morgan fingerprint density at radius 3 is 2.53 bits per heavy atom. The van der Waals surface area contributed by atoms with E-state index in [9.17, 15) is 4.79 Å². The van der Waals surface area contributed by atoms with E-state index >= 15 is 0 Å². The predicted octanol–water partition coefficient (Wildman–Crippen LogP) is 1.97. The van der Waals surface area contributed by atoms with Gasteiger partial charge >= 0.3 is 0 Å². The Morgan fingerprint density at radius 1 is 1.12 bits per heavy atom. The second-order valence-electron chi connectivity index (χ2n) is 6.24. The number of hydrogen-bond donors (Lipinski definition) is 2. The van der Waals surface area contributed by atoms with E-state index < -0.39 is 0 Å². The molecule has 3 heteroatoms. The summed E-state index contributed by atoms with van der Waals surface area (Å²) in [7, 11) is 0. The van der Waals surface area contributed by atoms with Crippen molar-refractivity contribution in [1.29, 1.82) is 0 Å². The molecule has 1 amide bonds. The van der Waals surface area contributed by atoms with Crippen molar-refractivity contribution in [3.63, 3.8) is 0 Å². The van der Waals surface area contributed by atoms with Gasteiger partial charge in [0, 0.05) is 17.5 Å². The predicted molar refractivity (Wildman–Crippen MR) is 67.7 cm³/mol. The number of carbonyl (C=O) groups excluding carboxylic acids is 1. The van der Waals surface area contributed by atoms with E-state index in [0.717, 1.165) is 32.2 Å². The fourth-order valence-electron chi connectivity index (χ4n) is 3.77. The molecule has 0 radical (unpaired) electrons. The van der Waals surface area contributed by atoms with Gasteiger partial charge in [0.2, 0.25) is 5.91 Å². The average Bonchev–Trinajstić information content (AvgIpc) is 2.81. The maximum absolute atomic E-state index is 12.1.